The van der Waals surface area contributed by atoms with Crippen LogP contribution in [0.15, 0.2) is 47.2 Å². The number of halogens is 2. The summed E-state index contributed by atoms with van der Waals surface area (Å²) in [5.41, 5.74) is 1.38. The molecule has 0 aliphatic heterocycles. The molecule has 0 fully saturated rings. The van der Waals surface area contributed by atoms with E-state index in [9.17, 15) is 18.4 Å². The van der Waals surface area contributed by atoms with Crippen molar-refractivity contribution in [2.75, 3.05) is 19.7 Å². The number of carbonyl (C=O) groups excluding carboxylic acids is 1. The number of ether oxygens (including phenoxy) is 1. The zero-order valence-electron chi connectivity index (χ0n) is 17.5. The van der Waals surface area contributed by atoms with Crippen LogP contribution in [0.5, 0.6) is 5.75 Å². The highest BCUT2D eigenvalue weighted by molar-refractivity contribution is 7.17. The second kappa shape index (κ2) is 10.2. The normalized spacial score (nSPS) is 11.0. The predicted molar refractivity (Wildman–Crippen MR) is 124 cm³/mol. The smallest absolute Gasteiger partial charge is 0.323 e. The van der Waals surface area contributed by atoms with Crippen molar-refractivity contribution in [3.63, 3.8) is 0 Å². The summed E-state index contributed by atoms with van der Waals surface area (Å²) in [5, 5.41) is 22.0. The Labute approximate surface area is 200 Å². The molecule has 34 heavy (non-hydrogen) atoms. The van der Waals surface area contributed by atoms with Crippen LogP contribution in [0, 0.1) is 11.6 Å². The monoisotopic (exact) mass is 504 g/mol. The molecule has 2 aromatic heterocycles. The van der Waals surface area contributed by atoms with Gasteiger partial charge in [0.15, 0.2) is 11.6 Å². The molecule has 7 nitrogen and oxygen atoms in total. The topological polar surface area (TPSA) is 100.0 Å². The first-order valence-corrected chi connectivity index (χ1v) is 11.8. The summed E-state index contributed by atoms with van der Waals surface area (Å²) in [7, 11) is 0. The second-order valence-corrected chi connectivity index (χ2v) is 9.03. The number of benzene rings is 2. The molecule has 1 amide bonds. The van der Waals surface area contributed by atoms with Crippen LogP contribution in [-0.4, -0.2) is 51.7 Å². The minimum atomic E-state index is -1.19. The van der Waals surface area contributed by atoms with Gasteiger partial charge in [0.1, 0.15) is 29.6 Å². The summed E-state index contributed by atoms with van der Waals surface area (Å²) in [4.78, 5) is 28.6. The Kier molecular flexibility index (Phi) is 7.15. The average Bonchev–Trinajstić information content (AvgIpc) is 3.50. The number of carbonyl (C=O) groups is 2. The fourth-order valence-electron chi connectivity index (χ4n) is 3.34. The van der Waals surface area contributed by atoms with E-state index < -0.39 is 30.1 Å². The van der Waals surface area contributed by atoms with E-state index in [0.29, 0.717) is 26.6 Å². The van der Waals surface area contributed by atoms with Crippen molar-refractivity contribution in [1.82, 2.24) is 9.88 Å². The Balaban J connectivity index is 1.43. The summed E-state index contributed by atoms with van der Waals surface area (Å²) < 4.78 is 34.4. The largest absolute Gasteiger partial charge is 0.486 e. The van der Waals surface area contributed by atoms with Crippen molar-refractivity contribution in [1.29, 1.82) is 0 Å². The Morgan fingerprint density at radius 1 is 1.12 bits per heavy atom. The highest BCUT2D eigenvalue weighted by Crippen LogP contribution is 2.36. The highest BCUT2D eigenvalue weighted by atomic mass is 32.1. The van der Waals surface area contributed by atoms with Crippen LogP contribution in [-0.2, 0) is 11.4 Å². The van der Waals surface area contributed by atoms with Crippen molar-refractivity contribution in [2.24, 2.45) is 0 Å². The van der Waals surface area contributed by atoms with Gasteiger partial charge in [-0.25, -0.2) is 13.8 Å². The molecule has 0 aliphatic rings. The molecule has 0 unspecified atom stereocenters. The number of thiophene rings is 1. The molecule has 4 aromatic rings. The first-order valence-electron chi connectivity index (χ1n) is 10.0. The zero-order chi connectivity index (χ0) is 24.2. The number of amides is 1. The number of fused-ring (bicyclic) bond motifs is 1. The molecule has 0 radical (unpaired) electrons. The summed E-state index contributed by atoms with van der Waals surface area (Å²) in [6.07, 6.45) is 0. The number of rotatable bonds is 9. The summed E-state index contributed by atoms with van der Waals surface area (Å²) in [6.45, 7) is -0.935. The lowest BCUT2D eigenvalue weighted by Gasteiger charge is -2.18. The van der Waals surface area contributed by atoms with Crippen LogP contribution in [0.2, 0.25) is 0 Å². The van der Waals surface area contributed by atoms with Gasteiger partial charge in [0.2, 0.25) is 0 Å². The summed E-state index contributed by atoms with van der Waals surface area (Å²) in [6, 6.07) is 9.63. The molecule has 0 aliphatic carbocycles. The van der Waals surface area contributed by atoms with Gasteiger partial charge in [0.25, 0.3) is 5.91 Å². The molecule has 4 rings (SSSR count). The minimum Gasteiger partial charge on any atom is -0.486 e. The predicted octanol–water partition coefficient (Wildman–Crippen LogP) is 4.40. The third-order valence-corrected chi connectivity index (χ3v) is 6.68. The molecular formula is C23H18F2N2O5S2. The molecule has 0 saturated carbocycles. The Morgan fingerprint density at radius 2 is 1.88 bits per heavy atom. The third kappa shape index (κ3) is 5.06. The molecule has 2 heterocycles. The van der Waals surface area contributed by atoms with Gasteiger partial charge in [-0.1, -0.05) is 12.1 Å². The third-order valence-electron chi connectivity index (χ3n) is 4.91. The Hall–Kier alpha value is -3.41. The number of aromatic nitrogens is 1. The van der Waals surface area contributed by atoms with E-state index in [2.05, 4.69) is 4.98 Å². The lowest BCUT2D eigenvalue weighted by molar-refractivity contribution is -0.137. The van der Waals surface area contributed by atoms with Crippen molar-refractivity contribution in [2.45, 2.75) is 6.61 Å². The van der Waals surface area contributed by atoms with Gasteiger partial charge in [-0.3, -0.25) is 9.59 Å². The molecular weight excluding hydrogens is 486 g/mol. The van der Waals surface area contributed by atoms with Gasteiger partial charge in [0, 0.05) is 27.6 Å². The zero-order valence-corrected chi connectivity index (χ0v) is 19.2. The quantitative estimate of drug-likeness (QED) is 0.351. The number of aliphatic carboxylic acids is 1. The molecule has 11 heteroatoms. The number of nitrogens with zero attached hydrogens (tertiary/aromatic N) is 2. The Morgan fingerprint density at radius 3 is 2.59 bits per heavy atom. The number of carboxylic acids is 1. The van der Waals surface area contributed by atoms with Gasteiger partial charge in [-0.05, 0) is 35.2 Å². The molecule has 0 spiro atoms. The number of aliphatic hydroxyl groups is 1. The summed E-state index contributed by atoms with van der Waals surface area (Å²) >= 11 is 2.52. The number of carboxylic acid groups (broad SMARTS) is 1. The lowest BCUT2D eigenvalue weighted by Crippen LogP contribution is -2.37. The highest BCUT2D eigenvalue weighted by Gasteiger charge is 2.21. The van der Waals surface area contributed by atoms with Crippen molar-refractivity contribution in [3.8, 4) is 16.9 Å². The van der Waals surface area contributed by atoms with E-state index in [1.807, 2.05) is 0 Å². The van der Waals surface area contributed by atoms with Crippen LogP contribution >= 0.6 is 22.7 Å². The number of hydrogen-bond donors (Lipinski definition) is 2. The maximum Gasteiger partial charge on any atom is 0.323 e. The lowest BCUT2D eigenvalue weighted by atomic mass is 10.0. The van der Waals surface area contributed by atoms with Crippen LogP contribution in [0.3, 0.4) is 0 Å². The molecule has 0 bridgehead atoms. The standard InChI is InChI=1S/C23H18F2N2O5S2/c24-17-9-16(22-15(21(17)25)5-8-33-22)13-1-3-14(4-2-13)32-11-19-26-18(12-34-19)23(31)27(6-7-28)10-20(29)30/h1-5,8-9,12,28H,6-7,10-11H2,(H,29,30). The minimum absolute atomic E-state index is 0.0759. The van der Waals surface area contributed by atoms with Crippen molar-refractivity contribution < 1.29 is 33.3 Å². The maximum absolute atomic E-state index is 14.0. The van der Waals surface area contributed by atoms with Gasteiger partial charge >= 0.3 is 5.97 Å². The van der Waals surface area contributed by atoms with Gasteiger partial charge in [-0.15, -0.1) is 22.7 Å². The molecule has 0 atom stereocenters. The van der Waals surface area contributed by atoms with Gasteiger partial charge in [0.05, 0.1) is 6.61 Å². The Bertz CT molecular complexity index is 1340. The SMILES string of the molecule is O=C(O)CN(CCO)C(=O)c1csc(COc2ccc(-c3cc(F)c(F)c4ccsc34)cc2)n1. The summed E-state index contributed by atoms with van der Waals surface area (Å²) in [5.74, 6) is -3.02. The van der Waals surface area contributed by atoms with E-state index in [1.54, 1.807) is 35.7 Å². The number of thiazole rings is 1. The van der Waals surface area contributed by atoms with E-state index in [1.165, 1.54) is 34.1 Å². The van der Waals surface area contributed by atoms with Crippen molar-refractivity contribution in [3.05, 3.63) is 69.5 Å². The van der Waals surface area contributed by atoms with E-state index in [-0.39, 0.29) is 30.8 Å². The van der Waals surface area contributed by atoms with Gasteiger partial charge < -0.3 is 19.8 Å². The molecule has 176 valence electrons. The molecule has 0 saturated heterocycles. The van der Waals surface area contributed by atoms with Crippen LogP contribution < -0.4 is 4.74 Å². The van der Waals surface area contributed by atoms with Crippen LogP contribution in [0.25, 0.3) is 21.2 Å². The number of hydrogen-bond acceptors (Lipinski definition) is 7. The first-order chi connectivity index (χ1) is 16.4. The van der Waals surface area contributed by atoms with E-state index in [0.717, 1.165) is 4.90 Å². The average molecular weight is 505 g/mol. The molecule has 2 N–H and O–H groups in total. The second-order valence-electron chi connectivity index (χ2n) is 7.17. The maximum atomic E-state index is 14.0. The van der Waals surface area contributed by atoms with E-state index >= 15 is 0 Å². The van der Waals surface area contributed by atoms with Gasteiger partial charge in [-0.2, -0.15) is 0 Å². The van der Waals surface area contributed by atoms with Crippen molar-refractivity contribution >= 4 is 44.6 Å². The fourth-order valence-corrected chi connectivity index (χ4v) is 4.95. The van der Waals surface area contributed by atoms with Crippen LogP contribution in [0.1, 0.15) is 15.5 Å². The number of aliphatic hydroxyl groups excluding tert-OH is 1. The fraction of sp³-hybridized carbons (Fsp3) is 0.174. The first kappa shape index (κ1) is 23.7. The molecule has 2 aromatic carbocycles. The van der Waals surface area contributed by atoms with Crippen LogP contribution in [0.4, 0.5) is 8.78 Å². The van der Waals surface area contributed by atoms with E-state index in [4.69, 9.17) is 14.9 Å².